The van der Waals surface area contributed by atoms with E-state index in [9.17, 15) is 18.7 Å². The lowest BCUT2D eigenvalue weighted by molar-refractivity contribution is -0.137. The Bertz CT molecular complexity index is 1360. The number of nitrogens with zero attached hydrogens (tertiary/aromatic N) is 1. The minimum absolute atomic E-state index is 0.00923. The zero-order valence-electron chi connectivity index (χ0n) is 22.7. The molecule has 1 fully saturated rings. The van der Waals surface area contributed by atoms with Crippen LogP contribution >= 0.6 is 0 Å². The van der Waals surface area contributed by atoms with Crippen LogP contribution in [0.5, 0.6) is 11.6 Å². The van der Waals surface area contributed by atoms with Gasteiger partial charge in [-0.3, -0.25) is 4.79 Å². The summed E-state index contributed by atoms with van der Waals surface area (Å²) in [5.41, 5.74) is 2.78. The largest absolute Gasteiger partial charge is 0.486 e. The molecule has 0 bridgehead atoms. The van der Waals surface area contributed by atoms with Crippen molar-refractivity contribution in [2.45, 2.75) is 71.3 Å². The average molecular weight is 542 g/mol. The number of rotatable bonds is 10. The Labute approximate surface area is 227 Å². The van der Waals surface area contributed by atoms with Gasteiger partial charge in [0.15, 0.2) is 11.6 Å². The molecule has 1 N–H and O–H groups in total. The summed E-state index contributed by atoms with van der Waals surface area (Å²) in [5.74, 6) is -3.49. The summed E-state index contributed by atoms with van der Waals surface area (Å²) in [4.78, 5) is 15.2. The molecule has 1 aromatic heterocycles. The second kappa shape index (κ2) is 11.7. The maximum absolute atomic E-state index is 15.3. The number of aliphatic carboxylic acids is 1. The number of ether oxygens (including phenoxy) is 2. The zero-order valence-corrected chi connectivity index (χ0v) is 22.7. The summed E-state index contributed by atoms with van der Waals surface area (Å²) in [7, 11) is 1.48. The molecule has 8 heteroatoms. The van der Waals surface area contributed by atoms with E-state index in [1.165, 1.54) is 7.11 Å². The van der Waals surface area contributed by atoms with Crippen LogP contribution in [-0.4, -0.2) is 23.2 Å². The smallest absolute Gasteiger partial charge is 0.303 e. The van der Waals surface area contributed by atoms with Crippen molar-refractivity contribution in [3.8, 4) is 22.8 Å². The lowest BCUT2D eigenvalue weighted by Crippen LogP contribution is -2.17. The number of carboxylic acids is 1. The number of carboxylic acid groups (broad SMARTS) is 1. The maximum Gasteiger partial charge on any atom is 0.303 e. The molecule has 1 aliphatic carbocycles. The number of halogens is 3. The highest BCUT2D eigenvalue weighted by Crippen LogP contribution is 2.51. The highest BCUT2D eigenvalue weighted by molar-refractivity contribution is 5.70. The molecule has 1 saturated carbocycles. The normalized spacial score (nSPS) is 17.2. The molecule has 0 aliphatic heterocycles. The fraction of sp³-hybridized carbons (Fsp3) is 0.419. The first-order valence-corrected chi connectivity index (χ1v) is 13.2. The van der Waals surface area contributed by atoms with Crippen molar-refractivity contribution in [2.24, 2.45) is 5.41 Å². The quantitative estimate of drug-likeness (QED) is 0.282. The lowest BCUT2D eigenvalue weighted by atomic mass is 9.75. The average Bonchev–Trinajstić information content (AvgIpc) is 3.26. The van der Waals surface area contributed by atoms with E-state index in [-0.39, 0.29) is 35.7 Å². The monoisotopic (exact) mass is 541 g/mol. The van der Waals surface area contributed by atoms with Crippen LogP contribution in [0.2, 0.25) is 0 Å². The van der Waals surface area contributed by atoms with Crippen LogP contribution in [0, 0.1) is 22.9 Å². The van der Waals surface area contributed by atoms with Gasteiger partial charge in [0.1, 0.15) is 18.2 Å². The molecule has 0 radical (unpaired) electrons. The third-order valence-electron chi connectivity index (χ3n) is 7.86. The van der Waals surface area contributed by atoms with E-state index in [0.29, 0.717) is 17.9 Å². The van der Waals surface area contributed by atoms with E-state index >= 15 is 4.39 Å². The Morgan fingerprint density at radius 1 is 1.15 bits per heavy atom. The van der Waals surface area contributed by atoms with Gasteiger partial charge in [0.25, 0.3) is 0 Å². The van der Waals surface area contributed by atoms with Gasteiger partial charge in [-0.05, 0) is 64.8 Å². The number of hydrogen-bond donors (Lipinski definition) is 1. The van der Waals surface area contributed by atoms with Crippen LogP contribution in [-0.2, 0) is 11.4 Å². The standard InChI is InChI=1S/C31H34F3NO4/c1-5-19(12-29(36)37)22-13-20(32)14-27(30(22)34)39-17-18-8-9-21(24-15-28(38-4)35-16-26(24)33)23(11-18)25-7-6-10-31(25,2)3/h8-9,11,13-16,19,25H,5-7,10,12,17H2,1-4H3,(H,36,37)/t19-,25+/m1/s1. The Morgan fingerprint density at radius 3 is 2.56 bits per heavy atom. The summed E-state index contributed by atoms with van der Waals surface area (Å²) in [5, 5.41) is 9.18. The van der Waals surface area contributed by atoms with Gasteiger partial charge in [0.05, 0.1) is 19.7 Å². The van der Waals surface area contributed by atoms with Crippen molar-refractivity contribution in [1.82, 2.24) is 4.98 Å². The highest BCUT2D eigenvalue weighted by Gasteiger charge is 2.37. The summed E-state index contributed by atoms with van der Waals surface area (Å²) in [6, 6.07) is 9.15. The van der Waals surface area contributed by atoms with Crippen molar-refractivity contribution >= 4 is 5.97 Å². The number of hydrogen-bond acceptors (Lipinski definition) is 4. The van der Waals surface area contributed by atoms with Gasteiger partial charge in [-0.25, -0.2) is 18.2 Å². The molecule has 39 heavy (non-hydrogen) atoms. The van der Waals surface area contributed by atoms with E-state index in [1.54, 1.807) is 19.1 Å². The van der Waals surface area contributed by atoms with Crippen LogP contribution in [0.4, 0.5) is 13.2 Å². The van der Waals surface area contributed by atoms with Crippen molar-refractivity contribution < 1.29 is 32.5 Å². The maximum atomic E-state index is 15.3. The second-order valence-corrected chi connectivity index (χ2v) is 10.9. The fourth-order valence-corrected chi connectivity index (χ4v) is 5.71. The Morgan fingerprint density at radius 2 is 1.92 bits per heavy atom. The van der Waals surface area contributed by atoms with Gasteiger partial charge in [-0.1, -0.05) is 45.4 Å². The van der Waals surface area contributed by atoms with Crippen LogP contribution in [0.3, 0.4) is 0 Å². The van der Waals surface area contributed by atoms with E-state index in [0.717, 1.165) is 54.3 Å². The number of methoxy groups -OCH3 is 1. The fourth-order valence-electron chi connectivity index (χ4n) is 5.71. The van der Waals surface area contributed by atoms with E-state index in [1.807, 2.05) is 12.1 Å². The molecular weight excluding hydrogens is 507 g/mol. The molecule has 0 saturated heterocycles. The summed E-state index contributed by atoms with van der Waals surface area (Å²) >= 11 is 0. The van der Waals surface area contributed by atoms with Gasteiger partial charge in [-0.15, -0.1) is 0 Å². The molecule has 3 aromatic rings. The molecule has 1 aliphatic rings. The number of aromatic nitrogens is 1. The van der Waals surface area contributed by atoms with Gasteiger partial charge >= 0.3 is 5.97 Å². The second-order valence-electron chi connectivity index (χ2n) is 10.9. The van der Waals surface area contributed by atoms with Gasteiger partial charge in [-0.2, -0.15) is 0 Å². The van der Waals surface area contributed by atoms with Crippen molar-refractivity contribution in [3.05, 3.63) is 76.7 Å². The van der Waals surface area contributed by atoms with E-state index in [4.69, 9.17) is 9.47 Å². The van der Waals surface area contributed by atoms with Crippen molar-refractivity contribution in [2.75, 3.05) is 7.11 Å². The molecule has 0 spiro atoms. The van der Waals surface area contributed by atoms with Gasteiger partial charge in [0.2, 0.25) is 5.88 Å². The Hall–Kier alpha value is -3.55. The number of benzene rings is 2. The minimum Gasteiger partial charge on any atom is -0.486 e. The Balaban J connectivity index is 1.70. The third-order valence-corrected chi connectivity index (χ3v) is 7.86. The molecular formula is C31H34F3NO4. The van der Waals surface area contributed by atoms with E-state index < -0.39 is 29.3 Å². The van der Waals surface area contributed by atoms with Gasteiger partial charge in [0, 0.05) is 17.7 Å². The molecule has 0 unspecified atom stereocenters. The number of carbonyl (C=O) groups is 1. The van der Waals surface area contributed by atoms with Crippen molar-refractivity contribution in [1.29, 1.82) is 0 Å². The molecule has 4 rings (SSSR count). The molecule has 1 heterocycles. The summed E-state index contributed by atoms with van der Waals surface area (Å²) in [6.45, 7) is 6.09. The first-order chi connectivity index (χ1) is 18.5. The van der Waals surface area contributed by atoms with Crippen LogP contribution in [0.1, 0.15) is 81.4 Å². The minimum atomic E-state index is -1.08. The first kappa shape index (κ1) is 28.5. The molecule has 2 atom stereocenters. The first-order valence-electron chi connectivity index (χ1n) is 13.2. The summed E-state index contributed by atoms with van der Waals surface area (Å²) in [6.07, 6.45) is 4.20. The zero-order chi connectivity index (χ0) is 28.3. The van der Waals surface area contributed by atoms with Crippen LogP contribution < -0.4 is 9.47 Å². The summed E-state index contributed by atoms with van der Waals surface area (Å²) < 4.78 is 55.7. The van der Waals surface area contributed by atoms with Crippen LogP contribution in [0.25, 0.3) is 11.1 Å². The lowest BCUT2D eigenvalue weighted by Gasteiger charge is -2.30. The topological polar surface area (TPSA) is 68.7 Å². The molecule has 5 nitrogen and oxygen atoms in total. The van der Waals surface area contributed by atoms with Crippen molar-refractivity contribution in [3.63, 3.8) is 0 Å². The number of pyridine rings is 1. The van der Waals surface area contributed by atoms with Crippen LogP contribution in [0.15, 0.2) is 42.6 Å². The van der Waals surface area contributed by atoms with E-state index in [2.05, 4.69) is 18.8 Å². The highest BCUT2D eigenvalue weighted by atomic mass is 19.1. The molecule has 2 aromatic carbocycles. The van der Waals surface area contributed by atoms with Gasteiger partial charge < -0.3 is 14.6 Å². The SMILES string of the molecule is CC[C@H](CC(=O)O)c1cc(F)cc(OCc2ccc(-c3cc(OC)ncc3F)c([C@@H]3CCCC3(C)C)c2)c1F. The Kier molecular flexibility index (Phi) is 8.52. The predicted octanol–water partition coefficient (Wildman–Crippen LogP) is 8.02. The molecule has 208 valence electrons. The third kappa shape index (κ3) is 6.21. The molecule has 0 amide bonds. The predicted molar refractivity (Wildman–Crippen MR) is 143 cm³/mol.